The molecule has 1 aliphatic rings. The number of carbonyl (C=O) groups is 1. The van der Waals surface area contributed by atoms with Gasteiger partial charge in [0.25, 0.3) is 0 Å². The number of aliphatic hydroxyl groups is 1. The molecule has 1 N–H and O–H groups in total. The van der Waals surface area contributed by atoms with E-state index in [1.54, 1.807) is 35.0 Å². The van der Waals surface area contributed by atoms with Crippen LogP contribution < -0.4 is 4.74 Å². The van der Waals surface area contributed by atoms with Crippen molar-refractivity contribution in [2.45, 2.75) is 57.2 Å². The van der Waals surface area contributed by atoms with Gasteiger partial charge in [-0.25, -0.2) is 9.07 Å². The molecule has 0 aliphatic carbocycles. The summed E-state index contributed by atoms with van der Waals surface area (Å²) in [4.78, 5) is 14.9. The van der Waals surface area contributed by atoms with Crippen LogP contribution in [-0.4, -0.2) is 50.7 Å². The van der Waals surface area contributed by atoms with Crippen LogP contribution in [0.4, 0.5) is 4.39 Å². The average molecular weight is 467 g/mol. The molecule has 2 heterocycles. The summed E-state index contributed by atoms with van der Waals surface area (Å²) in [6.45, 7) is 2.33. The summed E-state index contributed by atoms with van der Waals surface area (Å²) in [5.74, 6) is 0.486. The maximum atomic E-state index is 13.3. The highest BCUT2D eigenvalue weighted by Crippen LogP contribution is 2.38. The lowest BCUT2D eigenvalue weighted by Gasteiger charge is -2.42. The first-order valence-electron chi connectivity index (χ1n) is 11.8. The van der Waals surface area contributed by atoms with Crippen molar-refractivity contribution < 1.29 is 19.0 Å². The van der Waals surface area contributed by atoms with Gasteiger partial charge in [0.05, 0.1) is 31.5 Å². The van der Waals surface area contributed by atoms with E-state index in [1.165, 1.54) is 12.1 Å². The molecule has 1 amide bonds. The van der Waals surface area contributed by atoms with Gasteiger partial charge in [0.15, 0.2) is 0 Å². The second kappa shape index (κ2) is 10.8. The Kier molecular flexibility index (Phi) is 7.57. The highest BCUT2D eigenvalue weighted by atomic mass is 19.1. The standard InChI is InChI=1S/C26H31FN4O3/c1-3-4-5-6-26(33)30-17-25(32)24(15-23(30)19-9-13-21(34-2)14-10-19)31-16-22(28-29-31)18-7-11-20(27)12-8-18/h7-14,16,23-25,32H,3-6,15,17H2,1-2H3/t23-,24-,25-/m0/s1. The normalized spacial score (nSPS) is 20.4. The minimum atomic E-state index is -0.785. The number of benzene rings is 2. The Morgan fingerprint density at radius 2 is 1.88 bits per heavy atom. The van der Waals surface area contributed by atoms with E-state index in [4.69, 9.17) is 4.74 Å². The van der Waals surface area contributed by atoms with Crippen molar-refractivity contribution in [1.29, 1.82) is 0 Å². The summed E-state index contributed by atoms with van der Waals surface area (Å²) < 4.78 is 20.2. The van der Waals surface area contributed by atoms with Crippen LogP contribution in [0.3, 0.4) is 0 Å². The fraction of sp³-hybridized carbons (Fsp3) is 0.423. The number of ether oxygens (including phenoxy) is 1. The highest BCUT2D eigenvalue weighted by Gasteiger charge is 2.39. The number of aliphatic hydroxyl groups excluding tert-OH is 1. The molecule has 7 nitrogen and oxygen atoms in total. The lowest BCUT2D eigenvalue weighted by molar-refractivity contribution is -0.140. The average Bonchev–Trinajstić information content (AvgIpc) is 3.34. The van der Waals surface area contributed by atoms with Gasteiger partial charge < -0.3 is 14.7 Å². The molecule has 1 saturated heterocycles. The summed E-state index contributed by atoms with van der Waals surface area (Å²) in [7, 11) is 1.62. The van der Waals surface area contributed by atoms with E-state index < -0.39 is 6.10 Å². The molecule has 1 fully saturated rings. The molecule has 0 radical (unpaired) electrons. The molecule has 4 rings (SSSR count). The van der Waals surface area contributed by atoms with Gasteiger partial charge >= 0.3 is 0 Å². The van der Waals surface area contributed by atoms with Gasteiger partial charge in [-0.15, -0.1) is 5.10 Å². The predicted molar refractivity (Wildman–Crippen MR) is 127 cm³/mol. The third kappa shape index (κ3) is 5.28. The van der Waals surface area contributed by atoms with E-state index in [0.29, 0.717) is 18.5 Å². The van der Waals surface area contributed by atoms with Gasteiger partial charge in [0, 0.05) is 18.5 Å². The molecule has 0 saturated carbocycles. The smallest absolute Gasteiger partial charge is 0.223 e. The first-order chi connectivity index (χ1) is 16.5. The van der Waals surface area contributed by atoms with E-state index in [-0.39, 0.29) is 30.4 Å². The zero-order valence-corrected chi connectivity index (χ0v) is 19.6. The molecule has 1 aromatic heterocycles. The van der Waals surface area contributed by atoms with Gasteiger partial charge in [-0.1, -0.05) is 37.1 Å². The van der Waals surface area contributed by atoms with Crippen LogP contribution in [0.1, 0.15) is 56.7 Å². The van der Waals surface area contributed by atoms with Crippen LogP contribution >= 0.6 is 0 Å². The number of hydrogen-bond donors (Lipinski definition) is 1. The Morgan fingerprint density at radius 1 is 1.15 bits per heavy atom. The zero-order valence-electron chi connectivity index (χ0n) is 19.6. The number of hydrogen-bond acceptors (Lipinski definition) is 5. The fourth-order valence-corrected chi connectivity index (χ4v) is 4.53. The minimum Gasteiger partial charge on any atom is -0.497 e. The second-order valence-electron chi connectivity index (χ2n) is 8.75. The first kappa shape index (κ1) is 23.9. The fourth-order valence-electron chi connectivity index (χ4n) is 4.53. The predicted octanol–water partition coefficient (Wildman–Crippen LogP) is 4.55. The number of nitrogens with zero attached hydrogens (tertiary/aromatic N) is 4. The lowest BCUT2D eigenvalue weighted by Crippen LogP contribution is -2.49. The number of aromatic nitrogens is 3. The monoisotopic (exact) mass is 466 g/mol. The van der Waals surface area contributed by atoms with Crippen LogP contribution in [0.2, 0.25) is 0 Å². The Labute approximate surface area is 199 Å². The molecule has 0 bridgehead atoms. The molecule has 0 unspecified atom stereocenters. The SMILES string of the molecule is CCCCCC(=O)N1C[C@H](O)[C@@H](n2cc(-c3ccc(F)cc3)nn2)C[C@H]1c1ccc(OC)cc1. The zero-order chi connectivity index (χ0) is 24.1. The Morgan fingerprint density at radius 3 is 2.56 bits per heavy atom. The number of halogens is 1. The summed E-state index contributed by atoms with van der Waals surface area (Å²) in [5, 5.41) is 19.5. The van der Waals surface area contributed by atoms with Crippen LogP contribution in [-0.2, 0) is 4.79 Å². The molecule has 3 aromatic rings. The van der Waals surface area contributed by atoms with E-state index in [0.717, 1.165) is 36.1 Å². The van der Waals surface area contributed by atoms with E-state index in [2.05, 4.69) is 17.2 Å². The van der Waals surface area contributed by atoms with Crippen LogP contribution in [0.5, 0.6) is 5.75 Å². The van der Waals surface area contributed by atoms with Crippen LogP contribution in [0.15, 0.2) is 54.7 Å². The Hall–Kier alpha value is -3.26. The third-order valence-corrected chi connectivity index (χ3v) is 6.47. The van der Waals surface area contributed by atoms with Crippen LogP contribution in [0, 0.1) is 5.82 Å². The van der Waals surface area contributed by atoms with Crippen molar-refractivity contribution in [3.8, 4) is 17.0 Å². The van der Waals surface area contributed by atoms with Gasteiger partial charge in [-0.3, -0.25) is 4.79 Å². The third-order valence-electron chi connectivity index (χ3n) is 6.47. The number of unbranched alkanes of at least 4 members (excludes halogenated alkanes) is 2. The topological polar surface area (TPSA) is 80.5 Å². The van der Waals surface area contributed by atoms with Gasteiger partial charge in [0.1, 0.15) is 17.3 Å². The van der Waals surface area contributed by atoms with Crippen molar-refractivity contribution in [2.75, 3.05) is 13.7 Å². The summed E-state index contributed by atoms with van der Waals surface area (Å²) in [6.07, 6.45) is 4.84. The van der Waals surface area contributed by atoms with E-state index >= 15 is 0 Å². The molecule has 0 spiro atoms. The number of amides is 1. The van der Waals surface area contributed by atoms with Gasteiger partial charge in [-0.05, 0) is 54.8 Å². The minimum absolute atomic E-state index is 0.0531. The molecule has 180 valence electrons. The number of rotatable bonds is 8. The molecular weight excluding hydrogens is 435 g/mol. The first-order valence-corrected chi connectivity index (χ1v) is 11.8. The largest absolute Gasteiger partial charge is 0.497 e. The van der Waals surface area contributed by atoms with Gasteiger partial charge in [0.2, 0.25) is 5.91 Å². The van der Waals surface area contributed by atoms with Crippen molar-refractivity contribution in [1.82, 2.24) is 19.9 Å². The molecule has 1 aliphatic heterocycles. The molecule has 34 heavy (non-hydrogen) atoms. The summed E-state index contributed by atoms with van der Waals surface area (Å²) >= 11 is 0. The number of likely N-dealkylation sites (tertiary alicyclic amines) is 1. The number of β-amino-alcohol motifs (C(OH)–C–C–N with tert-alkyl or cyclic N) is 1. The molecule has 3 atom stereocenters. The molecule has 2 aromatic carbocycles. The number of methoxy groups -OCH3 is 1. The second-order valence-corrected chi connectivity index (χ2v) is 8.75. The van der Waals surface area contributed by atoms with Crippen molar-refractivity contribution in [3.63, 3.8) is 0 Å². The van der Waals surface area contributed by atoms with Crippen molar-refractivity contribution in [3.05, 3.63) is 66.1 Å². The summed E-state index contributed by atoms with van der Waals surface area (Å²) in [5.41, 5.74) is 2.34. The van der Waals surface area contributed by atoms with Crippen molar-refractivity contribution in [2.24, 2.45) is 0 Å². The number of piperidine rings is 1. The maximum absolute atomic E-state index is 13.3. The Balaban J connectivity index is 1.59. The van der Waals surface area contributed by atoms with Gasteiger partial charge in [-0.2, -0.15) is 0 Å². The van der Waals surface area contributed by atoms with Crippen LogP contribution in [0.25, 0.3) is 11.3 Å². The maximum Gasteiger partial charge on any atom is 0.223 e. The highest BCUT2D eigenvalue weighted by molar-refractivity contribution is 5.77. The summed E-state index contributed by atoms with van der Waals surface area (Å²) in [6, 6.07) is 13.2. The molecular formula is C26H31FN4O3. The lowest BCUT2D eigenvalue weighted by atomic mass is 9.89. The number of carbonyl (C=O) groups excluding carboxylic acids is 1. The van der Waals surface area contributed by atoms with E-state index in [9.17, 15) is 14.3 Å². The Bertz CT molecular complexity index is 1080. The quantitative estimate of drug-likeness (QED) is 0.493. The van der Waals surface area contributed by atoms with E-state index in [1.807, 2.05) is 24.3 Å². The van der Waals surface area contributed by atoms with Crippen molar-refractivity contribution >= 4 is 5.91 Å². The molecule has 8 heteroatoms.